The number of nitrogens with two attached hydrogens (primary N) is 2. The molecule has 35 heavy (non-hydrogen) atoms. The van der Waals surface area contributed by atoms with Gasteiger partial charge in [0, 0.05) is 24.9 Å². The Kier molecular flexibility index (Phi) is 7.66. The molecule has 0 unspecified atom stereocenters. The van der Waals surface area contributed by atoms with Gasteiger partial charge in [0.2, 0.25) is 5.91 Å². The number of amides is 1. The number of benzene rings is 2. The number of nitrogen functional groups attached to an aromatic ring is 1. The van der Waals surface area contributed by atoms with Gasteiger partial charge in [-0.2, -0.15) is 0 Å². The SMILES string of the molecule is CCCCc1nc2c(N)nc3ccccc3c2n1Cc1ccc(CNC(=O)[C@@H](N)[C@@H](C)CC)cc1. The highest BCUT2D eigenvalue weighted by molar-refractivity contribution is 6.06. The first-order valence-electron chi connectivity index (χ1n) is 12.6. The lowest BCUT2D eigenvalue weighted by atomic mass is 9.99. The number of aromatic nitrogens is 3. The number of rotatable bonds is 10. The maximum absolute atomic E-state index is 12.3. The van der Waals surface area contributed by atoms with Crippen molar-refractivity contribution < 1.29 is 4.79 Å². The summed E-state index contributed by atoms with van der Waals surface area (Å²) in [5.41, 5.74) is 17.3. The average molecular weight is 473 g/mol. The molecule has 0 spiro atoms. The second-order valence-electron chi connectivity index (χ2n) is 9.37. The van der Waals surface area contributed by atoms with E-state index in [9.17, 15) is 4.79 Å². The predicted octanol–water partition coefficient (Wildman–Crippen LogP) is 4.55. The molecule has 7 nitrogen and oxygen atoms in total. The maximum Gasteiger partial charge on any atom is 0.237 e. The number of para-hydroxylation sites is 1. The molecule has 4 rings (SSSR count). The minimum absolute atomic E-state index is 0.105. The van der Waals surface area contributed by atoms with E-state index in [1.165, 1.54) is 0 Å². The number of pyridine rings is 1. The first-order valence-corrected chi connectivity index (χ1v) is 12.6. The van der Waals surface area contributed by atoms with Gasteiger partial charge in [0.1, 0.15) is 11.3 Å². The third-order valence-electron chi connectivity index (χ3n) is 6.83. The number of hydrogen-bond donors (Lipinski definition) is 3. The molecule has 0 saturated heterocycles. The molecule has 0 fully saturated rings. The van der Waals surface area contributed by atoms with Gasteiger partial charge in [-0.15, -0.1) is 0 Å². The number of aryl methyl sites for hydroxylation is 1. The minimum atomic E-state index is -0.480. The van der Waals surface area contributed by atoms with Gasteiger partial charge < -0.3 is 21.4 Å². The molecule has 2 aromatic carbocycles. The molecule has 184 valence electrons. The van der Waals surface area contributed by atoms with Crippen LogP contribution in [0.1, 0.15) is 57.0 Å². The van der Waals surface area contributed by atoms with E-state index in [0.717, 1.165) is 64.6 Å². The summed E-state index contributed by atoms with van der Waals surface area (Å²) in [6.07, 6.45) is 3.92. The normalized spacial score (nSPS) is 13.3. The van der Waals surface area contributed by atoms with E-state index in [1.54, 1.807) is 0 Å². The third kappa shape index (κ3) is 5.30. The van der Waals surface area contributed by atoms with Gasteiger partial charge in [-0.1, -0.05) is 76.1 Å². The molecule has 2 atom stereocenters. The van der Waals surface area contributed by atoms with Crippen molar-refractivity contribution in [3.8, 4) is 0 Å². The lowest BCUT2D eigenvalue weighted by molar-refractivity contribution is -0.123. The highest BCUT2D eigenvalue weighted by Crippen LogP contribution is 2.30. The van der Waals surface area contributed by atoms with E-state index in [2.05, 4.69) is 52.1 Å². The number of unbranched alkanes of at least 4 members (excludes halogenated alkanes) is 1. The summed E-state index contributed by atoms with van der Waals surface area (Å²) in [6.45, 7) is 7.38. The Labute approximate surface area is 206 Å². The van der Waals surface area contributed by atoms with Crippen molar-refractivity contribution in [1.82, 2.24) is 19.9 Å². The number of anilines is 1. The van der Waals surface area contributed by atoms with Crippen molar-refractivity contribution in [2.75, 3.05) is 5.73 Å². The summed E-state index contributed by atoms with van der Waals surface area (Å²) in [5, 5.41) is 4.02. The van der Waals surface area contributed by atoms with E-state index >= 15 is 0 Å². The largest absolute Gasteiger partial charge is 0.382 e. The Hall–Kier alpha value is -3.45. The molecule has 0 bridgehead atoms. The summed E-state index contributed by atoms with van der Waals surface area (Å²) in [5.74, 6) is 1.55. The lowest BCUT2D eigenvalue weighted by Crippen LogP contribution is -2.44. The minimum Gasteiger partial charge on any atom is -0.382 e. The topological polar surface area (TPSA) is 112 Å². The molecular weight excluding hydrogens is 436 g/mol. The molecular formula is C28H36N6O. The molecule has 7 heteroatoms. The van der Waals surface area contributed by atoms with Crippen LogP contribution in [0.5, 0.6) is 0 Å². The number of nitrogens with one attached hydrogen (secondary N) is 1. The lowest BCUT2D eigenvalue weighted by Gasteiger charge is -2.17. The van der Waals surface area contributed by atoms with Crippen molar-refractivity contribution in [3.63, 3.8) is 0 Å². The van der Waals surface area contributed by atoms with E-state index in [-0.39, 0.29) is 11.8 Å². The second kappa shape index (κ2) is 10.9. The standard InChI is InChI=1S/C28H36N6O/c1-4-6-11-23-33-25-26(21-9-7-8-10-22(21)32-27(25)30)34(23)17-20-14-12-19(13-15-20)16-31-28(35)24(29)18(3)5-2/h7-10,12-15,18,24H,4-6,11,16-17,29H2,1-3H3,(H2,30,32)(H,31,35)/t18-,24-/m0/s1. The van der Waals surface area contributed by atoms with Crippen LogP contribution < -0.4 is 16.8 Å². The van der Waals surface area contributed by atoms with Crippen LogP contribution in [-0.4, -0.2) is 26.5 Å². The van der Waals surface area contributed by atoms with Gasteiger partial charge in [0.25, 0.3) is 0 Å². The Morgan fingerprint density at radius 1 is 1.06 bits per heavy atom. The molecule has 0 aliphatic rings. The molecule has 0 radical (unpaired) electrons. The summed E-state index contributed by atoms with van der Waals surface area (Å²) in [6, 6.07) is 15.9. The number of carbonyl (C=O) groups is 1. The van der Waals surface area contributed by atoms with Crippen LogP contribution in [0.4, 0.5) is 5.82 Å². The summed E-state index contributed by atoms with van der Waals surface area (Å²) in [4.78, 5) is 21.8. The van der Waals surface area contributed by atoms with Gasteiger partial charge in [0.15, 0.2) is 5.82 Å². The van der Waals surface area contributed by atoms with Crippen molar-refractivity contribution in [2.45, 2.75) is 65.6 Å². The van der Waals surface area contributed by atoms with Crippen molar-refractivity contribution in [2.24, 2.45) is 11.7 Å². The molecule has 2 heterocycles. The Bertz CT molecular complexity index is 1310. The third-order valence-corrected chi connectivity index (χ3v) is 6.83. The summed E-state index contributed by atoms with van der Waals surface area (Å²) >= 11 is 0. The van der Waals surface area contributed by atoms with Crippen LogP contribution in [0, 0.1) is 5.92 Å². The smallest absolute Gasteiger partial charge is 0.237 e. The number of fused-ring (bicyclic) bond motifs is 3. The van der Waals surface area contributed by atoms with Crippen LogP contribution in [0.25, 0.3) is 21.9 Å². The van der Waals surface area contributed by atoms with Gasteiger partial charge in [-0.25, -0.2) is 9.97 Å². The molecule has 0 saturated carbocycles. The monoisotopic (exact) mass is 472 g/mol. The first-order chi connectivity index (χ1) is 16.9. The zero-order valence-corrected chi connectivity index (χ0v) is 20.9. The van der Waals surface area contributed by atoms with Crippen LogP contribution in [0.15, 0.2) is 48.5 Å². The fourth-order valence-corrected chi connectivity index (χ4v) is 4.37. The van der Waals surface area contributed by atoms with Gasteiger partial charge in [-0.05, 0) is 29.5 Å². The van der Waals surface area contributed by atoms with Gasteiger partial charge in [-0.3, -0.25) is 4.79 Å². The first kappa shape index (κ1) is 24.7. The zero-order chi connectivity index (χ0) is 24.9. The second-order valence-corrected chi connectivity index (χ2v) is 9.37. The Balaban J connectivity index is 1.60. The summed E-state index contributed by atoms with van der Waals surface area (Å²) < 4.78 is 2.29. The quantitative estimate of drug-likeness (QED) is 0.314. The Morgan fingerprint density at radius 2 is 1.77 bits per heavy atom. The van der Waals surface area contributed by atoms with Crippen molar-refractivity contribution >= 4 is 33.7 Å². The van der Waals surface area contributed by atoms with Gasteiger partial charge >= 0.3 is 0 Å². The molecule has 0 aliphatic heterocycles. The molecule has 4 aromatic rings. The maximum atomic E-state index is 12.3. The van der Waals surface area contributed by atoms with Crippen LogP contribution in [-0.2, 0) is 24.3 Å². The molecule has 2 aromatic heterocycles. The van der Waals surface area contributed by atoms with Gasteiger partial charge in [0.05, 0.1) is 17.1 Å². The van der Waals surface area contributed by atoms with Crippen molar-refractivity contribution in [3.05, 3.63) is 65.5 Å². The van der Waals surface area contributed by atoms with Crippen LogP contribution >= 0.6 is 0 Å². The highest BCUT2D eigenvalue weighted by Gasteiger charge is 2.19. The van der Waals surface area contributed by atoms with E-state index in [1.807, 2.05) is 32.0 Å². The van der Waals surface area contributed by atoms with Crippen molar-refractivity contribution in [1.29, 1.82) is 0 Å². The van der Waals surface area contributed by atoms with Crippen LogP contribution in [0.3, 0.4) is 0 Å². The molecule has 0 aliphatic carbocycles. The fraction of sp³-hybridized carbons (Fsp3) is 0.393. The molecule has 5 N–H and O–H groups in total. The van der Waals surface area contributed by atoms with E-state index < -0.39 is 6.04 Å². The van der Waals surface area contributed by atoms with E-state index in [4.69, 9.17) is 16.5 Å². The van der Waals surface area contributed by atoms with Crippen LogP contribution in [0.2, 0.25) is 0 Å². The number of imidazole rings is 1. The number of hydrogen-bond acceptors (Lipinski definition) is 5. The zero-order valence-electron chi connectivity index (χ0n) is 20.9. The fourth-order valence-electron chi connectivity index (χ4n) is 4.37. The number of nitrogens with zero attached hydrogens (tertiary/aromatic N) is 3. The summed E-state index contributed by atoms with van der Waals surface area (Å²) in [7, 11) is 0. The number of carbonyl (C=O) groups excluding carboxylic acids is 1. The Morgan fingerprint density at radius 3 is 2.49 bits per heavy atom. The molecule has 1 amide bonds. The van der Waals surface area contributed by atoms with E-state index in [0.29, 0.717) is 18.9 Å². The average Bonchev–Trinajstić information content (AvgIpc) is 3.24. The predicted molar refractivity (Wildman–Crippen MR) is 143 cm³/mol. The highest BCUT2D eigenvalue weighted by atomic mass is 16.2.